The minimum Gasteiger partial charge on any atom is -0.381 e. The summed E-state index contributed by atoms with van der Waals surface area (Å²) >= 11 is 0. The van der Waals surface area contributed by atoms with Gasteiger partial charge in [-0.3, -0.25) is 4.72 Å². The highest BCUT2D eigenvalue weighted by Crippen LogP contribution is 2.25. The van der Waals surface area contributed by atoms with Gasteiger partial charge >= 0.3 is 0 Å². The standard InChI is InChI=1S/C12H16N4O2S/c1-8-5-4-6-9(2)10(8)15-19(17,18)12-11(13)14-7-16(12)3/h4-7,15H,13H2,1-3H3. The summed E-state index contributed by atoms with van der Waals surface area (Å²) in [6, 6.07) is 5.57. The molecular weight excluding hydrogens is 264 g/mol. The number of nitrogen functional groups attached to an aromatic ring is 1. The minimum absolute atomic E-state index is 0.0127. The lowest BCUT2D eigenvalue weighted by molar-refractivity contribution is 0.592. The summed E-state index contributed by atoms with van der Waals surface area (Å²) in [7, 11) is -2.16. The Hall–Kier alpha value is -2.02. The molecule has 0 bridgehead atoms. The number of hydrogen-bond donors (Lipinski definition) is 2. The van der Waals surface area contributed by atoms with E-state index >= 15 is 0 Å². The Kier molecular flexibility index (Phi) is 3.23. The van der Waals surface area contributed by atoms with Gasteiger partial charge in [-0.05, 0) is 25.0 Å². The molecule has 0 fully saturated rings. The summed E-state index contributed by atoms with van der Waals surface area (Å²) in [4.78, 5) is 3.79. The quantitative estimate of drug-likeness (QED) is 0.889. The maximum absolute atomic E-state index is 12.4. The molecule has 1 aromatic heterocycles. The first-order valence-corrected chi connectivity index (χ1v) is 7.17. The average molecular weight is 280 g/mol. The normalized spacial score (nSPS) is 11.5. The zero-order valence-corrected chi connectivity index (χ0v) is 11.8. The van der Waals surface area contributed by atoms with Gasteiger partial charge in [0.2, 0.25) is 0 Å². The minimum atomic E-state index is -3.75. The first kappa shape index (κ1) is 13.4. The van der Waals surface area contributed by atoms with Crippen LogP contribution in [0.2, 0.25) is 0 Å². The molecule has 0 aliphatic heterocycles. The first-order valence-electron chi connectivity index (χ1n) is 5.69. The Morgan fingerprint density at radius 3 is 2.32 bits per heavy atom. The van der Waals surface area contributed by atoms with E-state index in [9.17, 15) is 8.42 Å². The van der Waals surface area contributed by atoms with Crippen LogP contribution in [0.25, 0.3) is 0 Å². The molecule has 0 spiro atoms. The molecule has 0 unspecified atom stereocenters. The lowest BCUT2D eigenvalue weighted by Gasteiger charge is -2.13. The maximum Gasteiger partial charge on any atom is 0.281 e. The number of nitrogens with zero attached hydrogens (tertiary/aromatic N) is 2. The van der Waals surface area contributed by atoms with Crippen molar-refractivity contribution in [3.8, 4) is 0 Å². The van der Waals surface area contributed by atoms with Crippen molar-refractivity contribution < 1.29 is 8.42 Å². The fourth-order valence-corrected chi connectivity index (χ4v) is 3.36. The van der Waals surface area contributed by atoms with E-state index in [1.165, 1.54) is 10.9 Å². The van der Waals surface area contributed by atoms with Crippen molar-refractivity contribution in [2.24, 2.45) is 7.05 Å². The van der Waals surface area contributed by atoms with E-state index < -0.39 is 10.0 Å². The molecule has 102 valence electrons. The van der Waals surface area contributed by atoms with Crippen molar-refractivity contribution in [3.63, 3.8) is 0 Å². The highest BCUT2D eigenvalue weighted by atomic mass is 32.2. The molecule has 1 aromatic carbocycles. The van der Waals surface area contributed by atoms with Crippen molar-refractivity contribution in [1.82, 2.24) is 9.55 Å². The van der Waals surface area contributed by atoms with Crippen LogP contribution in [0, 0.1) is 13.8 Å². The van der Waals surface area contributed by atoms with E-state index in [-0.39, 0.29) is 10.8 Å². The number of para-hydroxylation sites is 1. The number of aromatic nitrogens is 2. The molecule has 19 heavy (non-hydrogen) atoms. The third-order valence-corrected chi connectivity index (χ3v) is 4.36. The predicted molar refractivity (Wildman–Crippen MR) is 74.3 cm³/mol. The Morgan fingerprint density at radius 1 is 1.26 bits per heavy atom. The number of benzene rings is 1. The van der Waals surface area contributed by atoms with Crippen LogP contribution in [-0.4, -0.2) is 18.0 Å². The number of sulfonamides is 1. The number of nitrogens with one attached hydrogen (secondary N) is 1. The number of anilines is 2. The number of aryl methyl sites for hydroxylation is 3. The molecule has 3 N–H and O–H groups in total. The predicted octanol–water partition coefficient (Wildman–Crippen LogP) is 1.42. The van der Waals surface area contributed by atoms with Crippen LogP contribution in [0.1, 0.15) is 11.1 Å². The summed E-state index contributed by atoms with van der Waals surface area (Å²) in [5.41, 5.74) is 7.88. The summed E-state index contributed by atoms with van der Waals surface area (Å²) in [5, 5.41) is -0.0323. The monoisotopic (exact) mass is 280 g/mol. The molecule has 0 aliphatic carbocycles. The van der Waals surface area contributed by atoms with Crippen molar-refractivity contribution in [1.29, 1.82) is 0 Å². The van der Waals surface area contributed by atoms with Gasteiger partial charge < -0.3 is 10.3 Å². The van der Waals surface area contributed by atoms with Crippen molar-refractivity contribution >= 4 is 21.5 Å². The number of nitrogens with two attached hydrogens (primary N) is 1. The molecule has 1 heterocycles. The molecule has 6 nitrogen and oxygen atoms in total. The number of hydrogen-bond acceptors (Lipinski definition) is 4. The Balaban J connectivity index is 2.49. The number of imidazole rings is 1. The Labute approximate surface area is 112 Å². The summed E-state index contributed by atoms with van der Waals surface area (Å²) < 4.78 is 28.7. The first-order chi connectivity index (χ1) is 8.83. The summed E-state index contributed by atoms with van der Waals surface area (Å²) in [5.74, 6) is -0.0127. The Bertz CT molecular complexity index is 680. The van der Waals surface area contributed by atoms with Crippen LogP contribution in [0.3, 0.4) is 0 Å². The topological polar surface area (TPSA) is 90.0 Å². The molecule has 2 rings (SSSR count). The molecule has 0 radical (unpaired) electrons. The average Bonchev–Trinajstić information content (AvgIpc) is 2.64. The molecule has 2 aromatic rings. The van der Waals surface area contributed by atoms with Crippen LogP contribution >= 0.6 is 0 Å². The van der Waals surface area contributed by atoms with Crippen LogP contribution in [0.5, 0.6) is 0 Å². The third kappa shape index (κ3) is 2.41. The highest BCUT2D eigenvalue weighted by molar-refractivity contribution is 7.92. The zero-order chi connectivity index (χ0) is 14.2. The summed E-state index contributed by atoms with van der Waals surface area (Å²) in [6.07, 6.45) is 1.37. The van der Waals surface area contributed by atoms with E-state index in [1.807, 2.05) is 32.0 Å². The van der Waals surface area contributed by atoms with Crippen LogP contribution in [0.4, 0.5) is 11.5 Å². The van der Waals surface area contributed by atoms with Gasteiger partial charge in [0.25, 0.3) is 10.0 Å². The van der Waals surface area contributed by atoms with E-state index in [1.54, 1.807) is 7.05 Å². The van der Waals surface area contributed by atoms with Gasteiger partial charge in [-0.2, -0.15) is 8.42 Å². The molecule has 0 saturated heterocycles. The van der Waals surface area contributed by atoms with Gasteiger partial charge in [0, 0.05) is 7.05 Å². The van der Waals surface area contributed by atoms with Crippen molar-refractivity contribution in [2.75, 3.05) is 10.5 Å². The van der Waals surface area contributed by atoms with Gasteiger partial charge in [0.05, 0.1) is 12.0 Å². The zero-order valence-electron chi connectivity index (χ0n) is 11.0. The van der Waals surface area contributed by atoms with E-state index in [4.69, 9.17) is 5.73 Å². The second-order valence-corrected chi connectivity index (χ2v) is 6.02. The highest BCUT2D eigenvalue weighted by Gasteiger charge is 2.23. The lowest BCUT2D eigenvalue weighted by Crippen LogP contribution is -2.18. The van der Waals surface area contributed by atoms with Gasteiger partial charge in [-0.1, -0.05) is 18.2 Å². The second-order valence-electron chi connectivity index (χ2n) is 4.42. The van der Waals surface area contributed by atoms with Crippen LogP contribution in [0.15, 0.2) is 29.6 Å². The summed E-state index contributed by atoms with van der Waals surface area (Å²) in [6.45, 7) is 3.69. The molecule has 7 heteroatoms. The SMILES string of the molecule is Cc1cccc(C)c1NS(=O)(=O)c1c(N)ncn1C. The molecular formula is C12H16N4O2S. The second kappa shape index (κ2) is 4.58. The number of rotatable bonds is 3. The molecule has 0 atom stereocenters. The van der Waals surface area contributed by atoms with Crippen molar-refractivity contribution in [2.45, 2.75) is 18.9 Å². The van der Waals surface area contributed by atoms with Crippen molar-refractivity contribution in [3.05, 3.63) is 35.7 Å². The Morgan fingerprint density at radius 2 is 1.84 bits per heavy atom. The van der Waals surface area contributed by atoms with Crippen LogP contribution in [-0.2, 0) is 17.1 Å². The fourth-order valence-electron chi connectivity index (χ4n) is 1.92. The van der Waals surface area contributed by atoms with E-state index in [0.29, 0.717) is 5.69 Å². The van der Waals surface area contributed by atoms with Gasteiger partial charge in [-0.25, -0.2) is 4.98 Å². The molecule has 0 amide bonds. The fraction of sp³-hybridized carbons (Fsp3) is 0.250. The largest absolute Gasteiger partial charge is 0.381 e. The van der Waals surface area contributed by atoms with Crippen LogP contribution < -0.4 is 10.5 Å². The molecule has 0 aliphatic rings. The van der Waals surface area contributed by atoms with Gasteiger partial charge in [0.1, 0.15) is 0 Å². The van der Waals surface area contributed by atoms with E-state index in [2.05, 4.69) is 9.71 Å². The van der Waals surface area contributed by atoms with E-state index in [0.717, 1.165) is 11.1 Å². The molecule has 0 saturated carbocycles. The van der Waals surface area contributed by atoms with Gasteiger partial charge in [-0.15, -0.1) is 0 Å². The van der Waals surface area contributed by atoms with Gasteiger partial charge in [0.15, 0.2) is 10.8 Å². The lowest BCUT2D eigenvalue weighted by atomic mass is 10.1. The third-order valence-electron chi connectivity index (χ3n) is 2.88. The smallest absolute Gasteiger partial charge is 0.281 e. The maximum atomic E-state index is 12.4.